The highest BCUT2D eigenvalue weighted by atomic mass is 16.6. The van der Waals surface area contributed by atoms with Gasteiger partial charge in [-0.05, 0) is 46.1 Å². The maximum absolute atomic E-state index is 12.1. The highest BCUT2D eigenvalue weighted by molar-refractivity contribution is 6.20. The second-order valence-corrected chi connectivity index (χ2v) is 6.87. The van der Waals surface area contributed by atoms with E-state index >= 15 is 0 Å². The third-order valence-corrected chi connectivity index (χ3v) is 3.79. The van der Waals surface area contributed by atoms with Crippen LogP contribution >= 0.6 is 0 Å². The van der Waals surface area contributed by atoms with Gasteiger partial charge in [-0.25, -0.2) is 4.79 Å². The van der Waals surface area contributed by atoms with Gasteiger partial charge in [0.25, 0.3) is 0 Å². The minimum Gasteiger partial charge on any atom is -0.444 e. The Morgan fingerprint density at radius 1 is 1.04 bits per heavy atom. The van der Waals surface area contributed by atoms with Crippen LogP contribution in [0.1, 0.15) is 46.1 Å². The zero-order chi connectivity index (χ0) is 17.0. The van der Waals surface area contributed by atoms with Crippen molar-refractivity contribution in [2.75, 3.05) is 13.1 Å². The zero-order valence-electron chi connectivity index (χ0n) is 14.4. The van der Waals surface area contributed by atoms with Crippen molar-refractivity contribution < 1.29 is 14.3 Å². The fourth-order valence-electron chi connectivity index (χ4n) is 2.80. The van der Waals surface area contributed by atoms with Crippen LogP contribution in [0.5, 0.6) is 0 Å². The van der Waals surface area contributed by atoms with Crippen LogP contribution < -0.4 is 0 Å². The summed E-state index contributed by atoms with van der Waals surface area (Å²) in [6, 6.07) is 9.74. The number of Topliss-reactive ketones (excluding diaryl/α,β-unsaturated/α-hetero) is 1. The van der Waals surface area contributed by atoms with Gasteiger partial charge in [0.15, 0.2) is 5.78 Å². The number of hydrogen-bond acceptors (Lipinski definition) is 3. The number of nitrogens with zero attached hydrogens (tertiary/aromatic N) is 1. The van der Waals surface area contributed by atoms with Crippen LogP contribution in [0.15, 0.2) is 35.9 Å². The summed E-state index contributed by atoms with van der Waals surface area (Å²) in [5.41, 5.74) is 2.40. The maximum Gasteiger partial charge on any atom is 0.410 e. The molecule has 1 aromatic carbocycles. The Labute approximate surface area is 138 Å². The van der Waals surface area contributed by atoms with E-state index < -0.39 is 5.60 Å². The largest absolute Gasteiger partial charge is 0.444 e. The van der Waals surface area contributed by atoms with E-state index in [1.807, 2.05) is 51.1 Å². The average Bonchev–Trinajstić information content (AvgIpc) is 2.47. The van der Waals surface area contributed by atoms with E-state index in [0.29, 0.717) is 25.9 Å². The summed E-state index contributed by atoms with van der Waals surface area (Å²) in [5.74, 6) is 0.0805. The predicted octanol–water partition coefficient (Wildman–Crippen LogP) is 4.06. The fourth-order valence-corrected chi connectivity index (χ4v) is 2.80. The molecule has 23 heavy (non-hydrogen) atoms. The highest BCUT2D eigenvalue weighted by Crippen LogP contribution is 2.28. The number of benzene rings is 1. The van der Waals surface area contributed by atoms with E-state index in [4.69, 9.17) is 4.74 Å². The van der Waals surface area contributed by atoms with Crippen molar-refractivity contribution in [3.8, 4) is 0 Å². The summed E-state index contributed by atoms with van der Waals surface area (Å²) in [6.07, 6.45) is 1.15. The van der Waals surface area contributed by atoms with E-state index in [9.17, 15) is 9.59 Å². The molecule has 2 rings (SSSR count). The van der Waals surface area contributed by atoms with Crippen molar-refractivity contribution in [3.05, 3.63) is 41.5 Å². The van der Waals surface area contributed by atoms with E-state index in [-0.39, 0.29) is 11.9 Å². The number of allylic oxidation sites excluding steroid dienone is 1. The van der Waals surface area contributed by atoms with Gasteiger partial charge in [0.1, 0.15) is 5.60 Å². The third-order valence-electron chi connectivity index (χ3n) is 3.79. The summed E-state index contributed by atoms with van der Waals surface area (Å²) >= 11 is 0. The van der Waals surface area contributed by atoms with Crippen LogP contribution in [-0.4, -0.2) is 35.5 Å². The third kappa shape index (κ3) is 4.68. The predicted molar refractivity (Wildman–Crippen MR) is 91.1 cm³/mol. The van der Waals surface area contributed by atoms with Crippen LogP contribution in [0.2, 0.25) is 0 Å². The molecule has 1 amide bonds. The first-order chi connectivity index (χ1) is 10.8. The van der Waals surface area contributed by atoms with Gasteiger partial charge < -0.3 is 9.64 Å². The van der Waals surface area contributed by atoms with E-state index in [2.05, 4.69) is 0 Å². The van der Waals surface area contributed by atoms with Crippen LogP contribution in [-0.2, 0) is 9.53 Å². The first kappa shape index (κ1) is 17.3. The number of hydrogen-bond donors (Lipinski definition) is 0. The first-order valence-corrected chi connectivity index (χ1v) is 8.04. The minimum absolute atomic E-state index is 0.0805. The molecule has 0 aliphatic carbocycles. The molecule has 4 nitrogen and oxygen atoms in total. The molecule has 1 aliphatic heterocycles. The Balaban J connectivity index is 2.12. The Kier molecular flexibility index (Phi) is 5.24. The molecule has 1 aromatic rings. The number of ether oxygens (including phenoxy) is 1. The van der Waals surface area contributed by atoms with Gasteiger partial charge in [-0.3, -0.25) is 4.79 Å². The van der Waals surface area contributed by atoms with E-state index in [1.165, 1.54) is 0 Å². The molecule has 0 aromatic heterocycles. The summed E-state index contributed by atoms with van der Waals surface area (Å²) < 4.78 is 5.41. The van der Waals surface area contributed by atoms with Crippen molar-refractivity contribution in [2.24, 2.45) is 0 Å². The molecule has 0 bridgehead atoms. The quantitative estimate of drug-likeness (QED) is 0.773. The number of likely N-dealkylation sites (tertiary alicyclic amines) is 1. The van der Waals surface area contributed by atoms with Gasteiger partial charge in [0, 0.05) is 18.7 Å². The average molecular weight is 315 g/mol. The smallest absolute Gasteiger partial charge is 0.410 e. The molecule has 1 fully saturated rings. The summed E-state index contributed by atoms with van der Waals surface area (Å²) in [4.78, 5) is 25.9. The molecule has 0 radical (unpaired) electrons. The molecule has 1 saturated heterocycles. The molecule has 0 saturated carbocycles. The van der Waals surface area contributed by atoms with Crippen LogP contribution in [0.3, 0.4) is 0 Å². The monoisotopic (exact) mass is 315 g/mol. The number of piperidine rings is 1. The molecule has 4 heteroatoms. The molecular formula is C19H25NO3. The SMILES string of the molecule is CC(=O)C(=C1CCN(C(=O)OC(C)(C)C)CC1)c1ccccc1. The maximum atomic E-state index is 12.1. The highest BCUT2D eigenvalue weighted by Gasteiger charge is 2.26. The van der Waals surface area contributed by atoms with Crippen molar-refractivity contribution in [1.29, 1.82) is 0 Å². The first-order valence-electron chi connectivity index (χ1n) is 8.04. The lowest BCUT2D eigenvalue weighted by molar-refractivity contribution is -0.111. The minimum atomic E-state index is -0.484. The standard InChI is InChI=1S/C19H25NO3/c1-14(21)17(15-8-6-5-7-9-15)16-10-12-20(13-11-16)18(22)23-19(2,3)4/h5-9H,10-13H2,1-4H3. The molecule has 1 heterocycles. The second kappa shape index (κ2) is 6.99. The molecule has 0 unspecified atom stereocenters. The Morgan fingerprint density at radius 3 is 2.09 bits per heavy atom. The van der Waals surface area contributed by atoms with Crippen molar-refractivity contribution in [2.45, 2.75) is 46.1 Å². The normalized spacial score (nSPS) is 15.3. The van der Waals surface area contributed by atoms with Gasteiger partial charge in [0.05, 0.1) is 0 Å². The van der Waals surface area contributed by atoms with Crippen molar-refractivity contribution in [1.82, 2.24) is 4.90 Å². The molecular weight excluding hydrogens is 290 g/mol. The number of ketones is 1. The van der Waals surface area contributed by atoms with Crippen molar-refractivity contribution in [3.63, 3.8) is 0 Å². The number of amides is 1. The van der Waals surface area contributed by atoms with E-state index in [0.717, 1.165) is 16.7 Å². The Hall–Kier alpha value is -2.10. The Bertz CT molecular complexity index is 601. The number of carbonyl (C=O) groups excluding carboxylic acids is 2. The Morgan fingerprint density at radius 2 is 1.61 bits per heavy atom. The van der Waals surface area contributed by atoms with Crippen LogP contribution in [0, 0.1) is 0 Å². The van der Waals surface area contributed by atoms with Gasteiger partial charge in [0.2, 0.25) is 0 Å². The summed E-state index contributed by atoms with van der Waals surface area (Å²) in [5, 5.41) is 0. The molecule has 0 atom stereocenters. The second-order valence-electron chi connectivity index (χ2n) is 6.87. The lowest BCUT2D eigenvalue weighted by Gasteiger charge is -2.31. The van der Waals surface area contributed by atoms with Crippen LogP contribution in [0.4, 0.5) is 4.79 Å². The fraction of sp³-hybridized carbons (Fsp3) is 0.474. The van der Waals surface area contributed by atoms with Crippen molar-refractivity contribution >= 4 is 17.4 Å². The number of carbonyl (C=O) groups is 2. The van der Waals surface area contributed by atoms with E-state index in [1.54, 1.807) is 11.8 Å². The molecule has 0 N–H and O–H groups in total. The summed E-state index contributed by atoms with van der Waals surface area (Å²) in [7, 11) is 0. The van der Waals surface area contributed by atoms with Gasteiger partial charge >= 0.3 is 6.09 Å². The van der Waals surface area contributed by atoms with Gasteiger partial charge in [-0.15, -0.1) is 0 Å². The number of rotatable bonds is 2. The molecule has 1 aliphatic rings. The molecule has 124 valence electrons. The lowest BCUT2D eigenvalue weighted by Crippen LogP contribution is -2.40. The summed E-state index contributed by atoms with van der Waals surface area (Å²) in [6.45, 7) is 8.38. The van der Waals surface area contributed by atoms with Crippen LogP contribution in [0.25, 0.3) is 5.57 Å². The topological polar surface area (TPSA) is 46.6 Å². The zero-order valence-corrected chi connectivity index (χ0v) is 14.4. The van der Waals surface area contributed by atoms with Gasteiger partial charge in [-0.1, -0.05) is 35.9 Å². The van der Waals surface area contributed by atoms with Gasteiger partial charge in [-0.2, -0.15) is 0 Å². The lowest BCUT2D eigenvalue weighted by atomic mass is 9.91. The molecule has 0 spiro atoms.